The molecule has 0 aliphatic heterocycles. The molecular weight excluding hydrogens is 342 g/mol. The van der Waals surface area contributed by atoms with Crippen molar-refractivity contribution >= 4 is 34.9 Å². The normalized spacial score (nSPS) is 11.0. The molecule has 24 heavy (non-hydrogen) atoms. The summed E-state index contributed by atoms with van der Waals surface area (Å²) >= 11 is 7.56. The Bertz CT molecular complexity index is 840. The van der Waals surface area contributed by atoms with Crippen molar-refractivity contribution in [2.24, 2.45) is 0 Å². The molecule has 0 unspecified atom stereocenters. The van der Waals surface area contributed by atoms with Crippen LogP contribution in [0, 0.1) is 0 Å². The third-order valence-electron chi connectivity index (χ3n) is 3.42. The smallest absolute Gasteiger partial charge is 0.244 e. The number of hydrogen-bond acceptors (Lipinski definition) is 3. The van der Waals surface area contributed by atoms with Crippen molar-refractivity contribution in [3.05, 3.63) is 70.5 Å². The lowest BCUT2D eigenvalue weighted by atomic mass is 10.2. The zero-order chi connectivity index (χ0) is 16.8. The molecule has 0 bridgehead atoms. The summed E-state index contributed by atoms with van der Waals surface area (Å²) in [6.07, 6.45) is 5.64. The number of H-pyrrole nitrogens is 1. The number of benzene rings is 1. The molecule has 0 saturated heterocycles. The number of aromatic amines is 1. The Morgan fingerprint density at radius 2 is 2.25 bits per heavy atom. The van der Waals surface area contributed by atoms with Crippen LogP contribution < -0.4 is 5.32 Å². The summed E-state index contributed by atoms with van der Waals surface area (Å²) in [5, 5.41) is 5.55. The van der Waals surface area contributed by atoms with Gasteiger partial charge in [-0.1, -0.05) is 29.8 Å². The number of halogens is 1. The van der Waals surface area contributed by atoms with E-state index >= 15 is 0 Å². The van der Waals surface area contributed by atoms with Crippen LogP contribution in [0.25, 0.3) is 16.6 Å². The van der Waals surface area contributed by atoms with Gasteiger partial charge in [-0.3, -0.25) is 4.79 Å². The van der Waals surface area contributed by atoms with E-state index in [2.05, 4.69) is 15.3 Å². The Morgan fingerprint density at radius 3 is 3.04 bits per heavy atom. The molecule has 2 heterocycles. The van der Waals surface area contributed by atoms with Crippen molar-refractivity contribution in [2.75, 3.05) is 6.54 Å². The number of nitrogens with zero attached hydrogens (tertiary/aromatic N) is 1. The maximum atomic E-state index is 11.9. The van der Waals surface area contributed by atoms with Crippen molar-refractivity contribution < 1.29 is 4.79 Å². The average molecular weight is 358 g/mol. The predicted octanol–water partition coefficient (Wildman–Crippen LogP) is 4.16. The fraction of sp³-hybridized carbons (Fsp3) is 0.111. The minimum Gasteiger partial charge on any atom is -0.352 e. The second kappa shape index (κ2) is 7.95. The van der Waals surface area contributed by atoms with Gasteiger partial charge in [0.2, 0.25) is 5.91 Å². The molecule has 0 spiro atoms. The van der Waals surface area contributed by atoms with Crippen molar-refractivity contribution in [2.45, 2.75) is 6.42 Å². The lowest BCUT2D eigenvalue weighted by Crippen LogP contribution is -2.23. The van der Waals surface area contributed by atoms with Gasteiger partial charge < -0.3 is 10.3 Å². The van der Waals surface area contributed by atoms with Crippen LogP contribution in [0.4, 0.5) is 0 Å². The summed E-state index contributed by atoms with van der Waals surface area (Å²) in [6, 6.07) is 11.4. The Labute approximate surface area is 149 Å². The molecule has 0 aliphatic carbocycles. The van der Waals surface area contributed by atoms with Crippen LogP contribution >= 0.6 is 22.9 Å². The number of carbonyl (C=O) groups excluding carboxylic acids is 1. The number of nitrogens with one attached hydrogen (secondary N) is 2. The van der Waals surface area contributed by atoms with E-state index in [9.17, 15) is 4.79 Å². The molecule has 122 valence electrons. The molecule has 6 heteroatoms. The topological polar surface area (TPSA) is 57.8 Å². The van der Waals surface area contributed by atoms with E-state index in [1.165, 1.54) is 6.08 Å². The molecule has 0 radical (unpaired) electrons. The molecular formula is C18H16ClN3OS. The Morgan fingerprint density at radius 1 is 1.33 bits per heavy atom. The Kier molecular flexibility index (Phi) is 5.46. The first kappa shape index (κ1) is 16.5. The summed E-state index contributed by atoms with van der Waals surface area (Å²) in [5.74, 6) is -0.132. The van der Waals surface area contributed by atoms with E-state index in [0.29, 0.717) is 18.0 Å². The number of amides is 1. The molecule has 1 aromatic carbocycles. The highest BCUT2D eigenvalue weighted by atomic mass is 35.5. The minimum atomic E-state index is -0.132. The molecule has 3 rings (SSSR count). The van der Waals surface area contributed by atoms with Gasteiger partial charge in [0.05, 0.1) is 11.2 Å². The van der Waals surface area contributed by atoms with Crippen molar-refractivity contribution in [1.29, 1.82) is 0 Å². The highest BCUT2D eigenvalue weighted by Gasteiger charge is 2.09. The number of imidazole rings is 1. The van der Waals surface area contributed by atoms with E-state index in [1.54, 1.807) is 29.8 Å². The summed E-state index contributed by atoms with van der Waals surface area (Å²) in [4.78, 5) is 20.5. The quantitative estimate of drug-likeness (QED) is 0.651. The van der Waals surface area contributed by atoms with Crippen LogP contribution in [0.1, 0.15) is 11.3 Å². The summed E-state index contributed by atoms with van der Waals surface area (Å²) < 4.78 is 0. The first-order valence-corrected chi connectivity index (χ1v) is 8.76. The van der Waals surface area contributed by atoms with Gasteiger partial charge in [0, 0.05) is 29.8 Å². The monoisotopic (exact) mass is 357 g/mol. The van der Waals surface area contributed by atoms with Gasteiger partial charge in [-0.15, -0.1) is 11.3 Å². The second-order valence-corrected chi connectivity index (χ2v) is 6.52. The standard InChI is InChI=1S/C18H16ClN3OS/c19-14-4-1-3-13(11-14)6-7-17(23)20-9-8-15-18(22-12-21-15)16-5-2-10-24-16/h1-7,10-12H,8-9H2,(H,20,23)(H,21,22)/b7-6+. The lowest BCUT2D eigenvalue weighted by Gasteiger charge is -2.03. The molecule has 0 atom stereocenters. The van der Waals surface area contributed by atoms with Crippen LogP contribution in [-0.2, 0) is 11.2 Å². The zero-order valence-corrected chi connectivity index (χ0v) is 14.4. The van der Waals surface area contributed by atoms with Crippen LogP contribution in [0.3, 0.4) is 0 Å². The SMILES string of the molecule is O=C(/C=C/c1cccc(Cl)c1)NCCc1[nH]cnc1-c1cccs1. The van der Waals surface area contributed by atoms with Gasteiger partial charge >= 0.3 is 0 Å². The molecule has 0 saturated carbocycles. The number of rotatable bonds is 6. The summed E-state index contributed by atoms with van der Waals surface area (Å²) in [6.45, 7) is 0.541. The lowest BCUT2D eigenvalue weighted by molar-refractivity contribution is -0.116. The zero-order valence-electron chi connectivity index (χ0n) is 12.8. The van der Waals surface area contributed by atoms with Crippen LogP contribution in [0.15, 0.2) is 54.2 Å². The number of carbonyl (C=O) groups is 1. The number of hydrogen-bond donors (Lipinski definition) is 2. The van der Waals surface area contributed by atoms with E-state index in [0.717, 1.165) is 21.8 Å². The largest absolute Gasteiger partial charge is 0.352 e. The van der Waals surface area contributed by atoms with Gasteiger partial charge in [-0.2, -0.15) is 0 Å². The molecule has 0 aliphatic rings. The summed E-state index contributed by atoms with van der Waals surface area (Å²) in [5.41, 5.74) is 2.87. The molecule has 2 aromatic heterocycles. The third-order valence-corrected chi connectivity index (χ3v) is 4.53. The first-order valence-electron chi connectivity index (χ1n) is 7.50. The Hall–Kier alpha value is -2.37. The highest BCUT2D eigenvalue weighted by Crippen LogP contribution is 2.25. The second-order valence-electron chi connectivity index (χ2n) is 5.14. The maximum Gasteiger partial charge on any atom is 0.244 e. The predicted molar refractivity (Wildman–Crippen MR) is 99.1 cm³/mol. The number of aromatic nitrogens is 2. The summed E-state index contributed by atoms with van der Waals surface area (Å²) in [7, 11) is 0. The highest BCUT2D eigenvalue weighted by molar-refractivity contribution is 7.13. The van der Waals surface area contributed by atoms with Gasteiger partial charge in [-0.25, -0.2) is 4.98 Å². The minimum absolute atomic E-state index is 0.132. The van der Waals surface area contributed by atoms with Gasteiger partial charge in [0.15, 0.2) is 0 Å². The molecule has 2 N–H and O–H groups in total. The Balaban J connectivity index is 1.52. The fourth-order valence-electron chi connectivity index (χ4n) is 2.29. The fourth-order valence-corrected chi connectivity index (χ4v) is 3.24. The van der Waals surface area contributed by atoms with E-state index in [1.807, 2.05) is 35.7 Å². The van der Waals surface area contributed by atoms with Gasteiger partial charge in [-0.05, 0) is 35.2 Å². The molecule has 1 amide bonds. The van der Waals surface area contributed by atoms with E-state index in [-0.39, 0.29) is 5.91 Å². The van der Waals surface area contributed by atoms with Gasteiger partial charge in [0.1, 0.15) is 5.69 Å². The van der Waals surface area contributed by atoms with Crippen molar-refractivity contribution in [3.63, 3.8) is 0 Å². The average Bonchev–Trinajstić information content (AvgIpc) is 3.24. The van der Waals surface area contributed by atoms with Crippen LogP contribution in [0.2, 0.25) is 5.02 Å². The molecule has 3 aromatic rings. The van der Waals surface area contributed by atoms with E-state index < -0.39 is 0 Å². The third kappa shape index (κ3) is 4.34. The van der Waals surface area contributed by atoms with Crippen LogP contribution in [0.5, 0.6) is 0 Å². The van der Waals surface area contributed by atoms with Crippen molar-refractivity contribution in [1.82, 2.24) is 15.3 Å². The number of thiophene rings is 1. The van der Waals surface area contributed by atoms with E-state index in [4.69, 9.17) is 11.6 Å². The van der Waals surface area contributed by atoms with Crippen molar-refractivity contribution in [3.8, 4) is 10.6 Å². The molecule has 4 nitrogen and oxygen atoms in total. The maximum absolute atomic E-state index is 11.9. The van der Waals surface area contributed by atoms with Gasteiger partial charge in [0.25, 0.3) is 0 Å². The molecule has 0 fully saturated rings. The first-order chi connectivity index (χ1) is 11.7. The van der Waals surface area contributed by atoms with Crippen LogP contribution in [-0.4, -0.2) is 22.4 Å².